The molecule has 1 aliphatic heterocycles. The maximum absolute atomic E-state index is 14.3. The molecular formula is C30H46ClNO3. The van der Waals surface area contributed by atoms with E-state index in [1.807, 2.05) is 0 Å². The summed E-state index contributed by atoms with van der Waals surface area (Å²) in [5.74, 6) is 2.52. The molecule has 1 saturated heterocycles. The Labute approximate surface area is 217 Å². The third-order valence-electron chi connectivity index (χ3n) is 11.5. The predicted molar refractivity (Wildman–Crippen MR) is 141 cm³/mol. The molecule has 0 unspecified atom stereocenters. The predicted octanol–water partition coefficient (Wildman–Crippen LogP) is 5.36. The van der Waals surface area contributed by atoms with E-state index in [0.717, 1.165) is 63.6 Å². The van der Waals surface area contributed by atoms with Crippen LogP contribution in [0.1, 0.15) is 79.6 Å². The molecule has 10 atom stereocenters. The molecule has 2 N–H and O–H groups in total. The third-order valence-corrected chi connectivity index (χ3v) is 11.7. The minimum atomic E-state index is -0.356. The fourth-order valence-electron chi connectivity index (χ4n) is 9.33. The number of ketones is 1. The molecule has 2 saturated carbocycles. The van der Waals surface area contributed by atoms with Crippen molar-refractivity contribution < 1.29 is 15.0 Å². The number of rotatable bonds is 4. The molecule has 3 fully saturated rings. The fraction of sp³-hybridized carbons (Fsp3) is 0.833. The molecule has 5 heteroatoms. The van der Waals surface area contributed by atoms with E-state index in [9.17, 15) is 15.0 Å². The van der Waals surface area contributed by atoms with Gasteiger partial charge in [0.2, 0.25) is 0 Å². The molecule has 0 aromatic rings. The lowest BCUT2D eigenvalue weighted by Crippen LogP contribution is -2.58. The van der Waals surface area contributed by atoms with Crippen LogP contribution in [0, 0.1) is 40.4 Å². The van der Waals surface area contributed by atoms with Crippen molar-refractivity contribution in [2.45, 2.75) is 97.8 Å². The number of allylic oxidation sites excluding steroid dienone is 3. The van der Waals surface area contributed by atoms with E-state index in [2.05, 4.69) is 45.6 Å². The van der Waals surface area contributed by atoms with Crippen LogP contribution in [0.5, 0.6) is 0 Å². The number of halogens is 1. The Kier molecular flexibility index (Phi) is 6.86. The van der Waals surface area contributed by atoms with Crippen LogP contribution in [0.15, 0.2) is 22.8 Å². The SMILES string of the molecule is CC1=C2C(=O)[C@H]3[C@@H](CC=C4C[C@@H](O)CC[C@@]43C)[C@@H]2CC[C@@]1(C)[C@H](C)[C@H]1[C@H](O)C[C@H](C)CN1CCCl. The molecule has 1 heterocycles. The van der Waals surface area contributed by atoms with Gasteiger partial charge in [-0.2, -0.15) is 0 Å². The third kappa shape index (κ3) is 3.92. The summed E-state index contributed by atoms with van der Waals surface area (Å²) < 4.78 is 0. The Balaban J connectivity index is 1.49. The van der Waals surface area contributed by atoms with Gasteiger partial charge in [-0.1, -0.05) is 44.9 Å². The molecule has 0 aromatic heterocycles. The first-order chi connectivity index (χ1) is 16.5. The summed E-state index contributed by atoms with van der Waals surface area (Å²) in [4.78, 5) is 16.7. The molecule has 5 rings (SSSR count). The van der Waals surface area contributed by atoms with Crippen molar-refractivity contribution in [1.82, 2.24) is 4.90 Å². The van der Waals surface area contributed by atoms with Crippen LogP contribution in [0.3, 0.4) is 0 Å². The fourth-order valence-corrected chi connectivity index (χ4v) is 9.54. The van der Waals surface area contributed by atoms with Crippen molar-refractivity contribution in [1.29, 1.82) is 0 Å². The van der Waals surface area contributed by atoms with E-state index in [1.54, 1.807) is 0 Å². The van der Waals surface area contributed by atoms with E-state index in [-0.39, 0.29) is 40.9 Å². The molecule has 5 aliphatic rings. The van der Waals surface area contributed by atoms with Gasteiger partial charge in [0, 0.05) is 30.9 Å². The molecule has 0 bridgehead atoms. The number of carbonyl (C=O) groups is 1. The molecule has 0 aromatic carbocycles. The highest BCUT2D eigenvalue weighted by Crippen LogP contribution is 2.63. The van der Waals surface area contributed by atoms with E-state index in [4.69, 9.17) is 11.6 Å². The van der Waals surface area contributed by atoms with Gasteiger partial charge in [-0.15, -0.1) is 11.6 Å². The number of likely N-dealkylation sites (tertiary alicyclic amines) is 1. The van der Waals surface area contributed by atoms with Crippen LogP contribution in [-0.2, 0) is 4.79 Å². The molecule has 0 amide bonds. The maximum Gasteiger partial charge on any atom is 0.163 e. The Hall–Kier alpha value is -0.680. The summed E-state index contributed by atoms with van der Waals surface area (Å²) in [7, 11) is 0. The lowest BCUT2D eigenvalue weighted by Gasteiger charge is -2.52. The largest absolute Gasteiger partial charge is 0.393 e. The average Bonchev–Trinajstić information content (AvgIpc) is 3.09. The van der Waals surface area contributed by atoms with Gasteiger partial charge in [0.05, 0.1) is 12.2 Å². The zero-order valence-electron chi connectivity index (χ0n) is 22.4. The number of alkyl halides is 1. The maximum atomic E-state index is 14.3. The summed E-state index contributed by atoms with van der Waals surface area (Å²) in [6.45, 7) is 13.2. The molecule has 0 spiro atoms. The van der Waals surface area contributed by atoms with Gasteiger partial charge in [0.15, 0.2) is 5.78 Å². The van der Waals surface area contributed by atoms with Crippen molar-refractivity contribution in [3.8, 4) is 0 Å². The Morgan fingerprint density at radius 3 is 2.69 bits per heavy atom. The normalized spacial score (nSPS) is 47.1. The zero-order chi connectivity index (χ0) is 25.3. The number of aliphatic hydroxyl groups excluding tert-OH is 2. The van der Waals surface area contributed by atoms with Gasteiger partial charge in [0.1, 0.15) is 0 Å². The van der Waals surface area contributed by atoms with Gasteiger partial charge < -0.3 is 10.2 Å². The van der Waals surface area contributed by atoms with Crippen molar-refractivity contribution in [3.05, 3.63) is 22.8 Å². The van der Waals surface area contributed by atoms with Crippen LogP contribution in [0.4, 0.5) is 0 Å². The van der Waals surface area contributed by atoms with Crippen LogP contribution in [-0.4, -0.2) is 58.1 Å². The number of piperidine rings is 1. The first kappa shape index (κ1) is 25.9. The van der Waals surface area contributed by atoms with E-state index in [0.29, 0.717) is 29.4 Å². The molecule has 0 radical (unpaired) electrons. The average molecular weight is 504 g/mol. The number of hydrogen-bond acceptors (Lipinski definition) is 4. The topological polar surface area (TPSA) is 60.8 Å². The van der Waals surface area contributed by atoms with Gasteiger partial charge in [0.25, 0.3) is 0 Å². The Morgan fingerprint density at radius 1 is 1.23 bits per heavy atom. The molecule has 4 nitrogen and oxygen atoms in total. The highest BCUT2D eigenvalue weighted by atomic mass is 35.5. The number of Topliss-reactive ketones (excluding diaryl/α,β-unsaturated/α-hetero) is 1. The number of carbonyl (C=O) groups excluding carboxylic acids is 1. The number of nitrogens with zero attached hydrogens (tertiary/aromatic N) is 1. The highest BCUT2D eigenvalue weighted by Gasteiger charge is 2.60. The Morgan fingerprint density at radius 2 is 1.97 bits per heavy atom. The van der Waals surface area contributed by atoms with E-state index in [1.165, 1.54) is 11.1 Å². The minimum Gasteiger partial charge on any atom is -0.393 e. The second-order valence-electron chi connectivity index (χ2n) is 13.3. The number of aliphatic hydroxyl groups is 2. The lowest BCUT2D eigenvalue weighted by atomic mass is 9.56. The summed E-state index contributed by atoms with van der Waals surface area (Å²) in [5, 5.41) is 21.5. The van der Waals surface area contributed by atoms with Crippen molar-refractivity contribution in [2.75, 3.05) is 19.0 Å². The van der Waals surface area contributed by atoms with Crippen molar-refractivity contribution in [2.24, 2.45) is 40.4 Å². The summed E-state index contributed by atoms with van der Waals surface area (Å²) in [5.41, 5.74) is 3.54. The minimum absolute atomic E-state index is 0.0662. The van der Waals surface area contributed by atoms with Crippen molar-refractivity contribution >= 4 is 17.4 Å². The van der Waals surface area contributed by atoms with Crippen LogP contribution < -0.4 is 0 Å². The van der Waals surface area contributed by atoms with Gasteiger partial charge in [-0.25, -0.2) is 0 Å². The summed E-state index contributed by atoms with van der Waals surface area (Å²) >= 11 is 6.19. The van der Waals surface area contributed by atoms with Crippen molar-refractivity contribution in [3.63, 3.8) is 0 Å². The highest BCUT2D eigenvalue weighted by molar-refractivity contribution is 6.18. The summed E-state index contributed by atoms with van der Waals surface area (Å²) in [6.07, 6.45) is 8.18. The lowest BCUT2D eigenvalue weighted by molar-refractivity contribution is -0.123. The summed E-state index contributed by atoms with van der Waals surface area (Å²) in [6, 6.07) is 0.0754. The zero-order valence-corrected chi connectivity index (χ0v) is 23.2. The first-order valence-corrected chi connectivity index (χ1v) is 14.7. The van der Waals surface area contributed by atoms with Gasteiger partial charge >= 0.3 is 0 Å². The number of fused-ring (bicyclic) bond motifs is 5. The second-order valence-corrected chi connectivity index (χ2v) is 13.6. The second kappa shape index (κ2) is 9.26. The molecule has 35 heavy (non-hydrogen) atoms. The first-order valence-electron chi connectivity index (χ1n) is 14.1. The van der Waals surface area contributed by atoms with Crippen LogP contribution in [0.25, 0.3) is 0 Å². The molecular weight excluding hydrogens is 458 g/mol. The van der Waals surface area contributed by atoms with Gasteiger partial charge in [-0.05, 0) is 91.9 Å². The Bertz CT molecular complexity index is 929. The molecule has 196 valence electrons. The van der Waals surface area contributed by atoms with Crippen LogP contribution >= 0.6 is 11.6 Å². The van der Waals surface area contributed by atoms with Crippen LogP contribution in [0.2, 0.25) is 0 Å². The van der Waals surface area contributed by atoms with E-state index < -0.39 is 0 Å². The monoisotopic (exact) mass is 503 g/mol. The van der Waals surface area contributed by atoms with E-state index >= 15 is 0 Å². The molecule has 4 aliphatic carbocycles. The standard InChI is InChI=1S/C30H46ClNO3/c1-17-14-24(34)27(32(16-17)13-12-31)19(3)29(4)11-9-22-23-7-6-20-15-21(33)8-10-30(20,5)26(23)28(35)25(22)18(29)2/h6,17,19,21-24,26-27,33-34H,7-16H2,1-5H3/t17-,19+,21-,22-,23-,24+,26+,27-,29+,30-/m0/s1. The van der Waals surface area contributed by atoms with Gasteiger partial charge in [-0.3, -0.25) is 9.69 Å². The quantitative estimate of drug-likeness (QED) is 0.400. The smallest absolute Gasteiger partial charge is 0.163 e. The number of hydrogen-bond donors (Lipinski definition) is 2.